The van der Waals surface area contributed by atoms with Crippen molar-refractivity contribution >= 4 is 23.3 Å². The van der Waals surface area contributed by atoms with Crippen molar-refractivity contribution in [1.82, 2.24) is 19.3 Å². The molecule has 2 aromatic carbocycles. The zero-order chi connectivity index (χ0) is 25.7. The highest BCUT2D eigenvalue weighted by molar-refractivity contribution is 6.30. The van der Waals surface area contributed by atoms with Crippen LogP contribution in [0.2, 0.25) is 5.02 Å². The van der Waals surface area contributed by atoms with Crippen molar-refractivity contribution in [3.05, 3.63) is 81.7 Å². The van der Waals surface area contributed by atoms with Gasteiger partial charge in [-0.2, -0.15) is 0 Å². The van der Waals surface area contributed by atoms with E-state index in [1.807, 2.05) is 16.7 Å². The third-order valence-electron chi connectivity index (χ3n) is 5.99. The van der Waals surface area contributed by atoms with Gasteiger partial charge in [0.25, 0.3) is 11.5 Å². The highest BCUT2D eigenvalue weighted by Gasteiger charge is 2.16. The van der Waals surface area contributed by atoms with Gasteiger partial charge in [-0.3, -0.25) is 14.0 Å². The smallest absolute Gasteiger partial charge is 0.259 e. The summed E-state index contributed by atoms with van der Waals surface area (Å²) in [5.74, 6) is 0.198. The first-order valence-electron chi connectivity index (χ1n) is 12.0. The zero-order valence-electron chi connectivity index (χ0n) is 20.0. The van der Waals surface area contributed by atoms with E-state index < -0.39 is 12.7 Å². The number of nitrogens with one attached hydrogen (secondary N) is 1. The number of carbonyl (C=O) groups is 1. The molecule has 0 spiro atoms. The van der Waals surface area contributed by atoms with Gasteiger partial charge in [-0.1, -0.05) is 55.6 Å². The SMILES string of the molecule is CCCCCn1c(-c2ccc(C(=O)NCC(O)CO)cc2)cc(=O)n2cc(-c3ccc(Cl)cc3)nc12. The van der Waals surface area contributed by atoms with Gasteiger partial charge in [0, 0.05) is 41.5 Å². The molecule has 3 N–H and O–H groups in total. The highest BCUT2D eigenvalue weighted by Crippen LogP contribution is 2.25. The number of hydrogen-bond acceptors (Lipinski definition) is 5. The van der Waals surface area contributed by atoms with Crippen LogP contribution in [-0.4, -0.2) is 49.3 Å². The second-order valence-electron chi connectivity index (χ2n) is 8.65. The summed E-state index contributed by atoms with van der Waals surface area (Å²) in [4.78, 5) is 30.3. The number of carbonyl (C=O) groups excluding carboxylic acids is 1. The zero-order valence-corrected chi connectivity index (χ0v) is 20.8. The van der Waals surface area contributed by atoms with Crippen molar-refractivity contribution in [2.24, 2.45) is 0 Å². The van der Waals surface area contributed by atoms with E-state index >= 15 is 0 Å². The first kappa shape index (κ1) is 25.6. The molecule has 188 valence electrons. The molecular weight excluding hydrogens is 480 g/mol. The highest BCUT2D eigenvalue weighted by atomic mass is 35.5. The van der Waals surface area contributed by atoms with Gasteiger partial charge in [-0.15, -0.1) is 0 Å². The van der Waals surface area contributed by atoms with Crippen LogP contribution in [0.4, 0.5) is 0 Å². The molecule has 36 heavy (non-hydrogen) atoms. The van der Waals surface area contributed by atoms with Crippen molar-refractivity contribution in [3.8, 4) is 22.5 Å². The number of rotatable bonds is 10. The Bertz CT molecular complexity index is 1390. The van der Waals surface area contributed by atoms with Gasteiger partial charge in [0.05, 0.1) is 24.1 Å². The summed E-state index contributed by atoms with van der Waals surface area (Å²) in [5.41, 5.74) is 3.27. The van der Waals surface area contributed by atoms with Gasteiger partial charge < -0.3 is 20.1 Å². The quantitative estimate of drug-likeness (QED) is 0.283. The van der Waals surface area contributed by atoms with E-state index in [9.17, 15) is 14.7 Å². The molecule has 0 saturated heterocycles. The molecule has 1 unspecified atom stereocenters. The molecule has 1 amide bonds. The molecule has 0 saturated carbocycles. The van der Waals surface area contributed by atoms with E-state index in [2.05, 4.69) is 12.2 Å². The summed E-state index contributed by atoms with van der Waals surface area (Å²) in [6, 6.07) is 15.9. The fourth-order valence-corrected chi connectivity index (χ4v) is 4.13. The Balaban J connectivity index is 1.73. The molecule has 4 rings (SSSR count). The van der Waals surface area contributed by atoms with Crippen LogP contribution in [0.1, 0.15) is 36.5 Å². The lowest BCUT2D eigenvalue weighted by atomic mass is 10.1. The fraction of sp³-hybridized carbons (Fsp3) is 0.296. The van der Waals surface area contributed by atoms with Gasteiger partial charge in [0.2, 0.25) is 5.78 Å². The van der Waals surface area contributed by atoms with E-state index in [1.165, 1.54) is 0 Å². The van der Waals surface area contributed by atoms with Gasteiger partial charge in [0.1, 0.15) is 0 Å². The Morgan fingerprint density at radius 3 is 2.44 bits per heavy atom. The number of benzene rings is 2. The maximum atomic E-state index is 13.1. The number of imidazole rings is 1. The molecule has 1 atom stereocenters. The van der Waals surface area contributed by atoms with Crippen LogP contribution in [0.15, 0.2) is 65.6 Å². The first-order chi connectivity index (χ1) is 17.4. The largest absolute Gasteiger partial charge is 0.394 e. The minimum Gasteiger partial charge on any atom is -0.394 e. The molecule has 0 aliphatic heterocycles. The number of halogens is 1. The number of aliphatic hydroxyl groups excluding tert-OH is 2. The standard InChI is InChI=1S/C27H29ClN4O4/c1-2-3-4-13-31-24(19-5-7-20(8-6-19)26(36)29-15-22(34)17-33)14-25(35)32-16-23(30-27(31)32)18-9-11-21(28)12-10-18/h5-12,14,16,22,33-34H,2-4,13,15,17H2,1H3,(H,29,36). The van der Waals surface area contributed by atoms with E-state index in [4.69, 9.17) is 21.7 Å². The van der Waals surface area contributed by atoms with Gasteiger partial charge in [-0.25, -0.2) is 4.98 Å². The molecule has 8 nitrogen and oxygen atoms in total. The lowest BCUT2D eigenvalue weighted by molar-refractivity contribution is 0.0802. The molecule has 0 fully saturated rings. The average molecular weight is 509 g/mol. The van der Waals surface area contributed by atoms with E-state index in [1.54, 1.807) is 53.1 Å². The van der Waals surface area contributed by atoms with E-state index in [0.717, 1.165) is 36.1 Å². The monoisotopic (exact) mass is 508 g/mol. The first-order valence-corrected chi connectivity index (χ1v) is 12.4. The Morgan fingerprint density at radius 1 is 1.08 bits per heavy atom. The van der Waals surface area contributed by atoms with Crippen LogP contribution in [0, 0.1) is 0 Å². The predicted molar refractivity (Wildman–Crippen MR) is 140 cm³/mol. The van der Waals surface area contributed by atoms with Crippen molar-refractivity contribution < 1.29 is 15.0 Å². The van der Waals surface area contributed by atoms with Gasteiger partial charge >= 0.3 is 0 Å². The number of aromatic nitrogens is 3. The summed E-state index contributed by atoms with van der Waals surface area (Å²) in [6.07, 6.45) is 3.77. The summed E-state index contributed by atoms with van der Waals surface area (Å²) in [6.45, 7) is 2.36. The second kappa shape index (κ2) is 11.5. The van der Waals surface area contributed by atoms with Crippen LogP contribution < -0.4 is 10.9 Å². The normalized spacial score (nSPS) is 12.1. The van der Waals surface area contributed by atoms with E-state index in [0.29, 0.717) is 28.6 Å². The summed E-state index contributed by atoms with van der Waals surface area (Å²) in [7, 11) is 0. The molecular formula is C27H29ClN4O4. The summed E-state index contributed by atoms with van der Waals surface area (Å²) < 4.78 is 3.61. The van der Waals surface area contributed by atoms with Crippen LogP contribution in [0.25, 0.3) is 28.3 Å². The minimum absolute atomic E-state index is 0.0411. The number of nitrogens with zero attached hydrogens (tertiary/aromatic N) is 3. The number of hydrogen-bond donors (Lipinski definition) is 3. The molecule has 0 aliphatic rings. The number of aliphatic hydroxyl groups is 2. The molecule has 0 radical (unpaired) electrons. The van der Waals surface area contributed by atoms with Crippen LogP contribution in [-0.2, 0) is 6.54 Å². The topological polar surface area (TPSA) is 109 Å². The third kappa shape index (κ3) is 5.67. The fourth-order valence-electron chi connectivity index (χ4n) is 4.00. The van der Waals surface area contributed by atoms with Gasteiger partial charge in [0.15, 0.2) is 0 Å². The predicted octanol–water partition coefficient (Wildman–Crippen LogP) is 3.76. The Labute approximate surface area is 213 Å². The Morgan fingerprint density at radius 2 is 1.78 bits per heavy atom. The minimum atomic E-state index is -1.01. The summed E-state index contributed by atoms with van der Waals surface area (Å²) >= 11 is 6.03. The second-order valence-corrected chi connectivity index (χ2v) is 9.09. The Hall–Kier alpha value is -3.46. The van der Waals surface area contributed by atoms with Crippen molar-refractivity contribution in [3.63, 3.8) is 0 Å². The number of fused-ring (bicyclic) bond motifs is 1. The maximum Gasteiger partial charge on any atom is 0.259 e. The molecule has 2 aromatic heterocycles. The van der Waals surface area contributed by atoms with Crippen LogP contribution in [0.3, 0.4) is 0 Å². The molecule has 2 heterocycles. The maximum absolute atomic E-state index is 13.1. The number of aryl methyl sites for hydroxylation is 1. The van der Waals surface area contributed by atoms with Gasteiger partial charge in [-0.05, 0) is 36.2 Å². The molecule has 9 heteroatoms. The molecule has 0 aliphatic carbocycles. The number of unbranched alkanes of at least 4 members (excludes halogenated alkanes) is 2. The van der Waals surface area contributed by atoms with E-state index in [-0.39, 0.29) is 18.0 Å². The molecule has 0 bridgehead atoms. The lowest BCUT2D eigenvalue weighted by Gasteiger charge is -2.15. The summed E-state index contributed by atoms with van der Waals surface area (Å²) in [5, 5.41) is 21.6. The number of amides is 1. The van der Waals surface area contributed by atoms with Crippen molar-refractivity contribution in [2.45, 2.75) is 38.8 Å². The van der Waals surface area contributed by atoms with Crippen molar-refractivity contribution in [2.75, 3.05) is 13.2 Å². The Kier molecular flexibility index (Phi) is 8.20. The molecule has 4 aromatic rings. The average Bonchev–Trinajstić information content (AvgIpc) is 3.35. The van der Waals surface area contributed by atoms with Crippen molar-refractivity contribution in [1.29, 1.82) is 0 Å². The third-order valence-corrected chi connectivity index (χ3v) is 6.25. The van der Waals surface area contributed by atoms with Crippen LogP contribution >= 0.6 is 11.6 Å². The lowest BCUT2D eigenvalue weighted by Crippen LogP contribution is -2.33. The van der Waals surface area contributed by atoms with Crippen LogP contribution in [0.5, 0.6) is 0 Å².